The molecule has 0 saturated carbocycles. The molecule has 0 radical (unpaired) electrons. The Hall–Kier alpha value is -1.33. The van der Waals surface area contributed by atoms with Gasteiger partial charge >= 0.3 is 0 Å². The fourth-order valence-corrected chi connectivity index (χ4v) is 3.50. The Balaban J connectivity index is 1.71. The molecule has 0 unspecified atom stereocenters. The minimum absolute atomic E-state index is 0.892. The Morgan fingerprint density at radius 1 is 1.13 bits per heavy atom. The number of aromatic nitrogens is 1. The van der Waals surface area contributed by atoms with Crippen molar-refractivity contribution in [3.63, 3.8) is 0 Å². The molecule has 5 heteroatoms. The monoisotopic (exact) mass is 335 g/mol. The van der Waals surface area contributed by atoms with Crippen molar-refractivity contribution in [2.75, 3.05) is 38.6 Å². The van der Waals surface area contributed by atoms with E-state index in [-0.39, 0.29) is 0 Å². The Kier molecular flexibility index (Phi) is 7.62. The first-order valence-electron chi connectivity index (χ1n) is 8.66. The minimum atomic E-state index is 0.892. The van der Waals surface area contributed by atoms with Gasteiger partial charge in [0.05, 0.1) is 23.0 Å². The predicted molar refractivity (Wildman–Crippen MR) is 101 cm³/mol. The lowest BCUT2D eigenvalue weighted by Gasteiger charge is -2.17. The zero-order valence-corrected chi connectivity index (χ0v) is 15.4. The van der Waals surface area contributed by atoms with E-state index >= 15 is 0 Å². The number of methoxy groups -OCH3 is 1. The van der Waals surface area contributed by atoms with Crippen LogP contribution in [0.5, 0.6) is 5.75 Å². The van der Waals surface area contributed by atoms with Crippen LogP contribution in [0.4, 0.5) is 5.69 Å². The van der Waals surface area contributed by atoms with Gasteiger partial charge in [0.1, 0.15) is 11.3 Å². The van der Waals surface area contributed by atoms with E-state index in [1.54, 1.807) is 18.4 Å². The fourth-order valence-electron chi connectivity index (χ4n) is 2.77. The molecule has 0 spiro atoms. The number of unbranched alkanes of at least 4 members (excludes halogenated alkanes) is 3. The van der Waals surface area contributed by atoms with E-state index in [2.05, 4.69) is 29.0 Å². The minimum Gasteiger partial charge on any atom is -0.497 e. The molecule has 0 bridgehead atoms. The van der Waals surface area contributed by atoms with Crippen LogP contribution in [-0.2, 0) is 0 Å². The highest BCUT2D eigenvalue weighted by Crippen LogP contribution is 2.30. The lowest BCUT2D eigenvalue weighted by molar-refractivity contribution is 0.295. The molecule has 0 saturated heterocycles. The smallest absolute Gasteiger partial charge is 0.122 e. The van der Waals surface area contributed by atoms with Gasteiger partial charge in [-0.25, -0.2) is 4.98 Å². The summed E-state index contributed by atoms with van der Waals surface area (Å²) in [5, 5.41) is 3.52. The summed E-state index contributed by atoms with van der Waals surface area (Å²) in [4.78, 5) is 6.95. The van der Waals surface area contributed by atoms with Crippen LogP contribution >= 0.6 is 11.3 Å². The molecule has 1 heterocycles. The third-order valence-electron chi connectivity index (χ3n) is 4.26. The summed E-state index contributed by atoms with van der Waals surface area (Å²) in [6.45, 7) is 9.03. The van der Waals surface area contributed by atoms with Crippen molar-refractivity contribution in [2.24, 2.45) is 0 Å². The molecule has 0 atom stereocenters. The molecule has 0 aliphatic carbocycles. The van der Waals surface area contributed by atoms with E-state index in [9.17, 15) is 0 Å². The molecule has 1 aromatic carbocycles. The van der Waals surface area contributed by atoms with Crippen molar-refractivity contribution in [2.45, 2.75) is 39.5 Å². The van der Waals surface area contributed by atoms with Gasteiger partial charge in [-0.05, 0) is 38.5 Å². The van der Waals surface area contributed by atoms with Gasteiger partial charge in [0.15, 0.2) is 0 Å². The molecule has 1 N–H and O–H groups in total. The van der Waals surface area contributed by atoms with E-state index in [1.807, 2.05) is 17.6 Å². The van der Waals surface area contributed by atoms with Crippen molar-refractivity contribution >= 4 is 27.2 Å². The molecule has 1 aromatic heterocycles. The maximum Gasteiger partial charge on any atom is 0.122 e. The number of benzene rings is 1. The highest BCUT2D eigenvalue weighted by atomic mass is 32.1. The molecular formula is C18H29N3OS. The van der Waals surface area contributed by atoms with Crippen molar-refractivity contribution < 1.29 is 4.74 Å². The highest BCUT2D eigenvalue weighted by Gasteiger charge is 2.07. The van der Waals surface area contributed by atoms with Crippen LogP contribution in [0.2, 0.25) is 0 Å². The Bertz CT molecular complexity index is 581. The second-order valence-electron chi connectivity index (χ2n) is 5.74. The van der Waals surface area contributed by atoms with Crippen molar-refractivity contribution in [3.8, 4) is 5.75 Å². The molecule has 0 amide bonds. The van der Waals surface area contributed by atoms with Gasteiger partial charge in [-0.2, -0.15) is 0 Å². The summed E-state index contributed by atoms with van der Waals surface area (Å²) < 4.78 is 6.54. The first-order valence-corrected chi connectivity index (χ1v) is 9.53. The maximum absolute atomic E-state index is 5.37. The van der Waals surface area contributed by atoms with Crippen LogP contribution in [0.25, 0.3) is 10.2 Å². The van der Waals surface area contributed by atoms with Crippen molar-refractivity contribution in [1.29, 1.82) is 0 Å². The number of hydrogen-bond donors (Lipinski definition) is 1. The standard InChI is InChI=1S/C18H29N3OS/c1-4-21(5-2)11-9-7-6-8-10-19-16-12-15(22-3)13-17-18(16)20-14-23-17/h12-14,19H,4-11H2,1-3H3. The number of ether oxygens (including phenoxy) is 1. The van der Waals surface area contributed by atoms with Crippen molar-refractivity contribution in [3.05, 3.63) is 17.6 Å². The zero-order valence-electron chi connectivity index (χ0n) is 14.6. The van der Waals surface area contributed by atoms with Crippen LogP contribution in [0, 0.1) is 0 Å². The number of fused-ring (bicyclic) bond motifs is 1. The maximum atomic E-state index is 5.37. The SMILES string of the molecule is CCN(CC)CCCCCCNc1cc(OC)cc2scnc12. The van der Waals surface area contributed by atoms with Gasteiger partial charge in [-0.3, -0.25) is 0 Å². The number of rotatable bonds is 11. The number of thiazole rings is 1. The molecule has 2 rings (SSSR count). The molecule has 0 aliphatic rings. The van der Waals surface area contributed by atoms with Crippen LogP contribution < -0.4 is 10.1 Å². The molecule has 4 nitrogen and oxygen atoms in total. The normalized spacial score (nSPS) is 11.3. The lowest BCUT2D eigenvalue weighted by atomic mass is 10.2. The van der Waals surface area contributed by atoms with Gasteiger partial charge < -0.3 is 15.0 Å². The van der Waals surface area contributed by atoms with Gasteiger partial charge in [-0.15, -0.1) is 11.3 Å². The number of nitrogens with zero attached hydrogens (tertiary/aromatic N) is 2. The molecule has 128 valence electrons. The third kappa shape index (κ3) is 5.36. The fraction of sp³-hybridized carbons (Fsp3) is 0.611. The summed E-state index contributed by atoms with van der Waals surface area (Å²) in [6, 6.07) is 4.09. The number of nitrogens with one attached hydrogen (secondary N) is 1. The topological polar surface area (TPSA) is 37.4 Å². The van der Waals surface area contributed by atoms with Crippen LogP contribution in [0.1, 0.15) is 39.5 Å². The van der Waals surface area contributed by atoms with Crippen LogP contribution in [-0.4, -0.2) is 43.2 Å². The lowest BCUT2D eigenvalue weighted by Crippen LogP contribution is -2.23. The summed E-state index contributed by atoms with van der Waals surface area (Å²) in [6.07, 6.45) is 5.08. The summed E-state index contributed by atoms with van der Waals surface area (Å²) in [7, 11) is 1.71. The number of hydrogen-bond acceptors (Lipinski definition) is 5. The van der Waals surface area contributed by atoms with E-state index < -0.39 is 0 Å². The number of anilines is 1. The summed E-state index contributed by atoms with van der Waals surface area (Å²) in [5.41, 5.74) is 4.03. The second-order valence-corrected chi connectivity index (χ2v) is 6.63. The van der Waals surface area contributed by atoms with Gasteiger partial charge in [0.25, 0.3) is 0 Å². The quantitative estimate of drug-likeness (QED) is 0.608. The first-order chi connectivity index (χ1) is 11.3. The third-order valence-corrected chi connectivity index (χ3v) is 5.03. The van der Waals surface area contributed by atoms with E-state index in [0.29, 0.717) is 0 Å². The van der Waals surface area contributed by atoms with Gasteiger partial charge in [-0.1, -0.05) is 26.7 Å². The van der Waals surface area contributed by atoms with Crippen molar-refractivity contribution in [1.82, 2.24) is 9.88 Å². The van der Waals surface area contributed by atoms with Gasteiger partial charge in [0, 0.05) is 12.6 Å². The zero-order chi connectivity index (χ0) is 16.5. The molecule has 0 aliphatic heterocycles. The van der Waals surface area contributed by atoms with E-state index in [4.69, 9.17) is 4.74 Å². The van der Waals surface area contributed by atoms with Crippen LogP contribution in [0.15, 0.2) is 17.6 Å². The largest absolute Gasteiger partial charge is 0.497 e. The Labute approximate surface area is 143 Å². The van der Waals surface area contributed by atoms with Crippen LogP contribution in [0.3, 0.4) is 0 Å². The Morgan fingerprint density at radius 3 is 2.65 bits per heavy atom. The average molecular weight is 336 g/mol. The molecule has 0 fully saturated rings. The highest BCUT2D eigenvalue weighted by molar-refractivity contribution is 7.16. The molecule has 2 aromatic rings. The second kappa shape index (κ2) is 9.73. The van der Waals surface area contributed by atoms with E-state index in [0.717, 1.165) is 36.6 Å². The molecular weight excluding hydrogens is 306 g/mol. The average Bonchev–Trinajstić information content (AvgIpc) is 3.05. The Morgan fingerprint density at radius 2 is 1.91 bits per heavy atom. The summed E-state index contributed by atoms with van der Waals surface area (Å²) >= 11 is 1.65. The molecule has 23 heavy (non-hydrogen) atoms. The van der Waals surface area contributed by atoms with E-state index in [1.165, 1.54) is 36.9 Å². The summed E-state index contributed by atoms with van der Waals surface area (Å²) in [5.74, 6) is 0.892. The van der Waals surface area contributed by atoms with Gasteiger partial charge in [0.2, 0.25) is 0 Å². The first kappa shape index (κ1) is 18.0. The predicted octanol–water partition coefficient (Wildman–Crippen LogP) is 4.62.